The molecule has 0 bridgehead atoms. The van der Waals surface area contributed by atoms with Gasteiger partial charge in [-0.25, -0.2) is 9.59 Å². The predicted molar refractivity (Wildman–Crippen MR) is 171 cm³/mol. The van der Waals surface area contributed by atoms with Crippen molar-refractivity contribution in [2.24, 2.45) is 0 Å². The van der Waals surface area contributed by atoms with Gasteiger partial charge in [-0.2, -0.15) is 0 Å². The summed E-state index contributed by atoms with van der Waals surface area (Å²) in [7, 11) is 2.74. The lowest BCUT2D eigenvalue weighted by Crippen LogP contribution is -2.14. The van der Waals surface area contributed by atoms with Crippen LogP contribution in [-0.2, 0) is 28.5 Å². The first-order valence-electron chi connectivity index (χ1n) is 14.6. The highest BCUT2D eigenvalue weighted by molar-refractivity contribution is 5.87. The molecular formula is C32H40N2O14. The van der Waals surface area contributed by atoms with E-state index < -0.39 is 34.0 Å². The highest BCUT2D eigenvalue weighted by Gasteiger charge is 2.27. The van der Waals surface area contributed by atoms with Gasteiger partial charge in [0.1, 0.15) is 25.4 Å². The Morgan fingerprint density at radius 3 is 1.27 bits per heavy atom. The molecule has 0 spiro atoms. The van der Waals surface area contributed by atoms with Gasteiger partial charge in [0.15, 0.2) is 23.0 Å². The summed E-state index contributed by atoms with van der Waals surface area (Å²) in [5.41, 5.74) is -0.0650. The maximum atomic E-state index is 11.9. The third-order valence-corrected chi connectivity index (χ3v) is 6.50. The molecule has 16 heteroatoms. The van der Waals surface area contributed by atoms with E-state index in [0.717, 1.165) is 0 Å². The highest BCUT2D eigenvalue weighted by Crippen LogP contribution is 2.40. The van der Waals surface area contributed by atoms with Crippen molar-refractivity contribution < 1.29 is 57.3 Å². The molecule has 0 aromatic heterocycles. The quantitative estimate of drug-likeness (QED) is 0.0538. The Morgan fingerprint density at radius 1 is 0.646 bits per heavy atom. The fourth-order valence-electron chi connectivity index (χ4n) is 4.03. The van der Waals surface area contributed by atoms with Gasteiger partial charge < -0.3 is 37.9 Å². The second-order valence-electron chi connectivity index (χ2n) is 10.2. The number of rotatable bonds is 21. The van der Waals surface area contributed by atoms with Crippen molar-refractivity contribution in [2.45, 2.75) is 39.9 Å². The number of hydrogen-bond donors (Lipinski definition) is 0. The third-order valence-electron chi connectivity index (χ3n) is 6.50. The van der Waals surface area contributed by atoms with E-state index in [1.165, 1.54) is 66.2 Å². The van der Waals surface area contributed by atoms with E-state index in [9.17, 15) is 29.8 Å². The van der Waals surface area contributed by atoms with Gasteiger partial charge in [-0.15, -0.1) is 0 Å². The summed E-state index contributed by atoms with van der Waals surface area (Å²) in [6.07, 6.45) is -1.89. The van der Waals surface area contributed by atoms with Gasteiger partial charge in [0.05, 0.1) is 73.8 Å². The summed E-state index contributed by atoms with van der Waals surface area (Å²) in [4.78, 5) is 46.0. The van der Waals surface area contributed by atoms with E-state index in [-0.39, 0.29) is 96.3 Å². The topological polar surface area (TPSA) is 194 Å². The summed E-state index contributed by atoms with van der Waals surface area (Å²) in [6.45, 7) is 13.7. The number of carbonyl (C=O) groups excluding carboxylic acids is 2. The van der Waals surface area contributed by atoms with Crippen molar-refractivity contribution in [3.63, 3.8) is 0 Å². The molecule has 16 nitrogen and oxygen atoms in total. The molecule has 0 fully saturated rings. The standard InChI is InChI=1S/C32H40N2O14/c1-19(2)31(35)47-21(5)23-15-27(41-7)29(17-25(23)33(37)38)45-13-11-43-9-10-44-12-14-46-30-18-26(34(39)40)24(16-28(30)42-8)22(6)48-32(36)20(3)4/h15-18,21-22H,1,3,9-14H2,2,4-8H3. The average molecular weight is 677 g/mol. The normalized spacial score (nSPS) is 11.9. The average Bonchev–Trinajstić information content (AvgIpc) is 3.04. The van der Waals surface area contributed by atoms with E-state index in [0.29, 0.717) is 0 Å². The summed E-state index contributed by atoms with van der Waals surface area (Å²) in [5, 5.41) is 23.4. The molecule has 48 heavy (non-hydrogen) atoms. The minimum absolute atomic E-state index is 0.0375. The first-order valence-corrected chi connectivity index (χ1v) is 14.6. The largest absolute Gasteiger partial charge is 0.493 e. The zero-order chi connectivity index (χ0) is 36.0. The van der Waals surface area contributed by atoms with E-state index >= 15 is 0 Å². The Hall–Kier alpha value is -5.22. The number of benzene rings is 2. The van der Waals surface area contributed by atoms with Crippen LogP contribution in [0, 0.1) is 20.2 Å². The van der Waals surface area contributed by atoms with Crippen LogP contribution in [0.15, 0.2) is 48.6 Å². The maximum Gasteiger partial charge on any atom is 0.333 e. The van der Waals surface area contributed by atoms with Crippen LogP contribution in [0.3, 0.4) is 0 Å². The molecule has 0 saturated heterocycles. The fraction of sp³-hybridized carbons (Fsp3) is 0.438. The van der Waals surface area contributed by atoms with Crippen LogP contribution >= 0.6 is 0 Å². The van der Waals surface area contributed by atoms with Crippen LogP contribution in [-0.4, -0.2) is 75.6 Å². The Bertz CT molecular complexity index is 1390. The minimum atomic E-state index is -0.943. The maximum absolute atomic E-state index is 11.9. The van der Waals surface area contributed by atoms with Crippen LogP contribution in [0.4, 0.5) is 11.4 Å². The molecule has 0 aliphatic rings. The SMILES string of the molecule is C=C(C)C(=O)OC(C)c1cc(OC)c(OCCOCCOCCOc2cc([N+](=O)[O-])c(C(C)OC(=O)C(=C)C)cc2OC)cc1[N+](=O)[O-]. The smallest absolute Gasteiger partial charge is 0.333 e. The molecular weight excluding hydrogens is 636 g/mol. The first-order chi connectivity index (χ1) is 22.7. The van der Waals surface area contributed by atoms with E-state index in [4.69, 9.17) is 37.9 Å². The van der Waals surface area contributed by atoms with Crippen molar-refractivity contribution in [3.05, 3.63) is 79.9 Å². The van der Waals surface area contributed by atoms with Gasteiger partial charge in [0.25, 0.3) is 11.4 Å². The molecule has 2 atom stereocenters. The van der Waals surface area contributed by atoms with Crippen LogP contribution < -0.4 is 18.9 Å². The molecule has 0 radical (unpaired) electrons. The Balaban J connectivity index is 1.85. The molecule has 2 rings (SSSR count). The van der Waals surface area contributed by atoms with E-state index in [1.54, 1.807) is 0 Å². The van der Waals surface area contributed by atoms with E-state index in [1.807, 2.05) is 0 Å². The zero-order valence-electron chi connectivity index (χ0n) is 27.7. The molecule has 0 amide bonds. The fourth-order valence-corrected chi connectivity index (χ4v) is 4.03. The Kier molecular flexibility index (Phi) is 15.3. The summed E-state index contributed by atoms with van der Waals surface area (Å²) >= 11 is 0. The molecule has 0 saturated carbocycles. The molecule has 0 N–H and O–H groups in total. The molecule has 2 aromatic rings. The number of esters is 2. The first kappa shape index (κ1) is 39.0. The molecule has 0 aliphatic heterocycles. The molecule has 0 heterocycles. The predicted octanol–water partition coefficient (Wildman–Crippen LogP) is 5.37. The minimum Gasteiger partial charge on any atom is -0.493 e. The van der Waals surface area contributed by atoms with Crippen LogP contribution in [0.5, 0.6) is 23.0 Å². The van der Waals surface area contributed by atoms with Gasteiger partial charge in [0, 0.05) is 11.1 Å². The van der Waals surface area contributed by atoms with Crippen molar-refractivity contribution >= 4 is 23.3 Å². The number of ether oxygens (including phenoxy) is 8. The molecule has 2 unspecified atom stereocenters. The van der Waals surface area contributed by atoms with Crippen LogP contribution in [0.25, 0.3) is 0 Å². The second kappa shape index (κ2) is 18.8. The summed E-state index contributed by atoms with van der Waals surface area (Å²) in [6, 6.07) is 5.15. The lowest BCUT2D eigenvalue weighted by molar-refractivity contribution is -0.386. The zero-order valence-corrected chi connectivity index (χ0v) is 27.7. The van der Waals surface area contributed by atoms with Gasteiger partial charge in [-0.1, -0.05) is 13.2 Å². The van der Waals surface area contributed by atoms with Crippen LogP contribution in [0.2, 0.25) is 0 Å². The Morgan fingerprint density at radius 2 is 0.979 bits per heavy atom. The number of nitrogens with zero attached hydrogens (tertiary/aromatic N) is 2. The highest BCUT2D eigenvalue weighted by atomic mass is 16.6. The van der Waals surface area contributed by atoms with E-state index in [2.05, 4.69) is 13.2 Å². The van der Waals surface area contributed by atoms with Gasteiger partial charge >= 0.3 is 11.9 Å². The third kappa shape index (κ3) is 11.2. The number of nitro groups is 2. The lowest BCUT2D eigenvalue weighted by Gasteiger charge is -2.17. The Labute approximate surface area is 277 Å². The van der Waals surface area contributed by atoms with Crippen molar-refractivity contribution in [1.29, 1.82) is 0 Å². The second-order valence-corrected chi connectivity index (χ2v) is 10.2. The van der Waals surface area contributed by atoms with Gasteiger partial charge in [0.2, 0.25) is 0 Å². The van der Waals surface area contributed by atoms with Crippen molar-refractivity contribution in [1.82, 2.24) is 0 Å². The number of carbonyl (C=O) groups is 2. The van der Waals surface area contributed by atoms with Gasteiger partial charge in [-0.3, -0.25) is 20.2 Å². The van der Waals surface area contributed by atoms with Crippen LogP contribution in [0.1, 0.15) is 51.0 Å². The van der Waals surface area contributed by atoms with Crippen molar-refractivity contribution in [3.8, 4) is 23.0 Å². The van der Waals surface area contributed by atoms with Crippen molar-refractivity contribution in [2.75, 3.05) is 53.9 Å². The molecule has 0 aliphatic carbocycles. The molecule has 262 valence electrons. The lowest BCUT2D eigenvalue weighted by atomic mass is 10.1. The summed E-state index contributed by atoms with van der Waals surface area (Å²) < 4.78 is 43.4. The van der Waals surface area contributed by atoms with Gasteiger partial charge in [-0.05, 0) is 39.8 Å². The molecule has 2 aromatic carbocycles. The monoisotopic (exact) mass is 676 g/mol. The number of methoxy groups -OCH3 is 2. The summed E-state index contributed by atoms with van der Waals surface area (Å²) in [5.74, 6) is -0.747. The number of nitro benzene ring substituents is 2. The number of hydrogen-bond acceptors (Lipinski definition) is 14.